The van der Waals surface area contributed by atoms with Crippen LogP contribution in [0.2, 0.25) is 0 Å². The first-order valence-corrected chi connectivity index (χ1v) is 7.32. The Morgan fingerprint density at radius 1 is 1.21 bits per heavy atom. The van der Waals surface area contributed by atoms with Crippen molar-refractivity contribution >= 4 is 5.91 Å². The van der Waals surface area contributed by atoms with Gasteiger partial charge in [-0.25, -0.2) is 0 Å². The molecule has 2 saturated heterocycles. The number of hydrogen-bond acceptors (Lipinski definition) is 2. The lowest BCUT2D eigenvalue weighted by Gasteiger charge is -2.40. The van der Waals surface area contributed by atoms with Crippen molar-refractivity contribution in [2.75, 3.05) is 6.61 Å². The van der Waals surface area contributed by atoms with E-state index in [0.717, 1.165) is 12.8 Å². The molecule has 3 atom stereocenters. The molecule has 0 unspecified atom stereocenters. The molecule has 19 heavy (non-hydrogen) atoms. The van der Waals surface area contributed by atoms with Crippen LogP contribution < -0.4 is 0 Å². The molecule has 0 aromatic heterocycles. The van der Waals surface area contributed by atoms with E-state index < -0.39 is 0 Å². The van der Waals surface area contributed by atoms with E-state index in [1.165, 1.54) is 18.4 Å². The molecule has 100 valence electrons. The fourth-order valence-electron chi connectivity index (χ4n) is 4.21. The highest BCUT2D eigenvalue weighted by molar-refractivity contribution is 5.81. The minimum Gasteiger partial charge on any atom is -0.353 e. The molecule has 1 aromatic rings. The first kappa shape index (κ1) is 11.5. The second-order valence-corrected chi connectivity index (χ2v) is 5.99. The summed E-state index contributed by atoms with van der Waals surface area (Å²) in [6.45, 7) is 0.659. The van der Waals surface area contributed by atoms with Crippen LogP contribution in [0.3, 0.4) is 0 Å². The van der Waals surface area contributed by atoms with Gasteiger partial charge in [0.25, 0.3) is 0 Å². The van der Waals surface area contributed by atoms with Crippen molar-refractivity contribution in [3.8, 4) is 0 Å². The summed E-state index contributed by atoms with van der Waals surface area (Å²) in [7, 11) is 0. The lowest BCUT2D eigenvalue weighted by molar-refractivity contribution is -0.146. The molecule has 2 aliphatic heterocycles. The van der Waals surface area contributed by atoms with Gasteiger partial charge in [0, 0.05) is 12.3 Å². The minimum atomic E-state index is -0.268. The van der Waals surface area contributed by atoms with Gasteiger partial charge >= 0.3 is 0 Å². The Kier molecular flexibility index (Phi) is 2.46. The zero-order valence-corrected chi connectivity index (χ0v) is 11.0. The van der Waals surface area contributed by atoms with Crippen LogP contribution in [0.5, 0.6) is 0 Å². The second kappa shape index (κ2) is 4.07. The fraction of sp³-hybridized carbons (Fsp3) is 0.562. The van der Waals surface area contributed by atoms with Crippen LogP contribution in [0.15, 0.2) is 30.3 Å². The van der Waals surface area contributed by atoms with Crippen LogP contribution in [0.25, 0.3) is 0 Å². The summed E-state index contributed by atoms with van der Waals surface area (Å²) in [5.74, 6) is 0.709. The van der Waals surface area contributed by atoms with Crippen LogP contribution in [0, 0.1) is 5.92 Å². The smallest absolute Gasteiger partial charge is 0.225 e. The molecule has 2 heterocycles. The lowest BCUT2D eigenvalue weighted by atomic mass is 9.82. The van der Waals surface area contributed by atoms with Crippen molar-refractivity contribution in [1.29, 1.82) is 0 Å². The molecular formula is C16H19NO2. The number of rotatable bonds is 1. The summed E-state index contributed by atoms with van der Waals surface area (Å²) in [6.07, 6.45) is 5.27. The van der Waals surface area contributed by atoms with Gasteiger partial charge in [-0.15, -0.1) is 0 Å². The number of carbonyl (C=O) groups excluding carboxylic acids is 1. The van der Waals surface area contributed by atoms with Crippen molar-refractivity contribution in [1.82, 2.24) is 4.90 Å². The van der Waals surface area contributed by atoms with Crippen LogP contribution in [-0.2, 0) is 9.53 Å². The number of hydrogen-bond donors (Lipinski definition) is 0. The first-order valence-electron chi connectivity index (χ1n) is 7.32. The Morgan fingerprint density at radius 2 is 2.05 bits per heavy atom. The average Bonchev–Trinajstić information content (AvgIpc) is 2.95. The summed E-state index contributed by atoms with van der Waals surface area (Å²) >= 11 is 0. The van der Waals surface area contributed by atoms with Crippen molar-refractivity contribution in [3.05, 3.63) is 35.9 Å². The van der Waals surface area contributed by atoms with E-state index in [9.17, 15) is 4.79 Å². The highest BCUT2D eigenvalue weighted by Gasteiger charge is 2.60. The van der Waals surface area contributed by atoms with Gasteiger partial charge < -0.3 is 9.64 Å². The molecule has 3 fully saturated rings. The summed E-state index contributed by atoms with van der Waals surface area (Å²) in [5, 5.41) is 0. The topological polar surface area (TPSA) is 29.5 Å². The molecule has 1 aromatic carbocycles. The van der Waals surface area contributed by atoms with Crippen molar-refractivity contribution < 1.29 is 9.53 Å². The number of amides is 1. The monoisotopic (exact) mass is 257 g/mol. The maximum Gasteiger partial charge on any atom is 0.225 e. The summed E-state index contributed by atoms with van der Waals surface area (Å²) in [4.78, 5) is 14.5. The predicted octanol–water partition coefficient (Wildman–Crippen LogP) is 2.88. The van der Waals surface area contributed by atoms with Gasteiger partial charge in [0.15, 0.2) is 0 Å². The molecule has 3 heteroatoms. The van der Waals surface area contributed by atoms with Crippen LogP contribution in [0.4, 0.5) is 0 Å². The molecule has 3 aliphatic rings. The summed E-state index contributed by atoms with van der Waals surface area (Å²) in [5.41, 5.74) is 0.939. The number of benzene rings is 1. The third-order valence-corrected chi connectivity index (χ3v) is 5.06. The van der Waals surface area contributed by atoms with E-state index in [4.69, 9.17) is 4.74 Å². The molecule has 1 amide bonds. The molecule has 3 nitrogen and oxygen atoms in total. The molecule has 0 radical (unpaired) electrons. The van der Waals surface area contributed by atoms with Crippen LogP contribution >= 0.6 is 0 Å². The van der Waals surface area contributed by atoms with Gasteiger partial charge in [-0.2, -0.15) is 0 Å². The zero-order chi connectivity index (χ0) is 12.9. The molecule has 1 aliphatic carbocycles. The fourth-order valence-corrected chi connectivity index (χ4v) is 4.21. The van der Waals surface area contributed by atoms with Gasteiger partial charge in [0.1, 0.15) is 5.72 Å². The summed E-state index contributed by atoms with van der Waals surface area (Å²) in [6, 6.07) is 10.4. The standard InChI is InChI=1S/C16H19NO2/c18-15-10-13-8-4-5-9-16(13)17(15)14(11-19-16)12-6-2-1-3-7-12/h1-3,6-7,13-14H,4-5,8-11H2/t13-,14+,16+/m0/s1. The van der Waals surface area contributed by atoms with E-state index in [2.05, 4.69) is 17.0 Å². The maximum absolute atomic E-state index is 12.4. The summed E-state index contributed by atoms with van der Waals surface area (Å²) < 4.78 is 6.21. The van der Waals surface area contributed by atoms with E-state index in [1.807, 2.05) is 18.2 Å². The van der Waals surface area contributed by atoms with E-state index in [1.54, 1.807) is 0 Å². The lowest BCUT2D eigenvalue weighted by Crippen LogP contribution is -2.47. The highest BCUT2D eigenvalue weighted by Crippen LogP contribution is 2.53. The molecule has 4 rings (SSSR count). The van der Waals surface area contributed by atoms with Gasteiger partial charge in [-0.3, -0.25) is 4.79 Å². The third-order valence-electron chi connectivity index (χ3n) is 5.06. The maximum atomic E-state index is 12.4. The largest absolute Gasteiger partial charge is 0.353 e. The van der Waals surface area contributed by atoms with E-state index in [0.29, 0.717) is 24.9 Å². The van der Waals surface area contributed by atoms with Gasteiger partial charge in [-0.05, 0) is 24.8 Å². The molecular weight excluding hydrogens is 238 g/mol. The second-order valence-electron chi connectivity index (χ2n) is 5.99. The van der Waals surface area contributed by atoms with Crippen LogP contribution in [0.1, 0.15) is 43.7 Å². The first-order chi connectivity index (χ1) is 9.31. The average molecular weight is 257 g/mol. The van der Waals surface area contributed by atoms with Gasteiger partial charge in [0.2, 0.25) is 5.91 Å². The van der Waals surface area contributed by atoms with Crippen molar-refractivity contribution in [2.24, 2.45) is 5.92 Å². The Morgan fingerprint density at radius 3 is 2.89 bits per heavy atom. The Balaban J connectivity index is 1.73. The number of ether oxygens (including phenoxy) is 1. The molecule has 1 saturated carbocycles. The predicted molar refractivity (Wildman–Crippen MR) is 71.3 cm³/mol. The van der Waals surface area contributed by atoms with Gasteiger partial charge in [-0.1, -0.05) is 36.8 Å². The Labute approximate surface area is 113 Å². The van der Waals surface area contributed by atoms with Crippen LogP contribution in [-0.4, -0.2) is 23.1 Å². The van der Waals surface area contributed by atoms with Crippen molar-refractivity contribution in [2.45, 2.75) is 43.9 Å². The SMILES string of the molecule is O=C1C[C@@H]2CCCC[C@@]23OC[C@H](c2ccccc2)N13. The third kappa shape index (κ3) is 1.51. The highest BCUT2D eigenvalue weighted by atomic mass is 16.5. The van der Waals surface area contributed by atoms with Gasteiger partial charge in [0.05, 0.1) is 12.6 Å². The van der Waals surface area contributed by atoms with Crippen molar-refractivity contribution in [3.63, 3.8) is 0 Å². The Bertz CT molecular complexity index is 501. The van der Waals surface area contributed by atoms with E-state index in [-0.39, 0.29) is 11.8 Å². The molecule has 1 spiro atoms. The Hall–Kier alpha value is -1.35. The number of nitrogens with zero attached hydrogens (tertiary/aromatic N) is 1. The number of carbonyl (C=O) groups is 1. The van der Waals surface area contributed by atoms with E-state index >= 15 is 0 Å². The quantitative estimate of drug-likeness (QED) is 0.774. The molecule has 0 N–H and O–H groups in total. The normalized spacial score (nSPS) is 37.3. The zero-order valence-electron chi connectivity index (χ0n) is 11.0. The minimum absolute atomic E-state index is 0.122. The molecule has 0 bridgehead atoms.